The van der Waals surface area contributed by atoms with Gasteiger partial charge in [0, 0.05) is 35.7 Å². The lowest BCUT2D eigenvalue weighted by atomic mass is 9.85. The summed E-state index contributed by atoms with van der Waals surface area (Å²) in [5, 5.41) is 1.02. The van der Waals surface area contributed by atoms with Crippen molar-refractivity contribution in [2.75, 3.05) is 13.3 Å². The predicted molar refractivity (Wildman–Crippen MR) is 91.4 cm³/mol. The number of nitrogens with zero attached hydrogens (tertiary/aromatic N) is 1. The Bertz CT molecular complexity index is 1030. The molecular formula is C20H17FN2O2. The van der Waals surface area contributed by atoms with Gasteiger partial charge in [-0.1, -0.05) is 0 Å². The molecule has 126 valence electrons. The van der Waals surface area contributed by atoms with E-state index in [4.69, 9.17) is 9.47 Å². The van der Waals surface area contributed by atoms with Crippen molar-refractivity contribution in [3.63, 3.8) is 0 Å². The Kier molecular flexibility index (Phi) is 2.61. The van der Waals surface area contributed by atoms with Crippen LogP contribution >= 0.6 is 0 Å². The molecular weight excluding hydrogens is 319 g/mol. The molecule has 2 aromatic carbocycles. The SMILES string of the molecule is Fc1ccc2[nH]c3c(c2c1)C[C@@H]1c2cc4c(cc2CCN1C3)OCO4. The van der Waals surface area contributed by atoms with Gasteiger partial charge in [-0.05, 0) is 59.9 Å². The smallest absolute Gasteiger partial charge is 0.231 e. The number of rotatable bonds is 0. The second-order valence-electron chi connectivity index (χ2n) is 7.12. The van der Waals surface area contributed by atoms with Crippen LogP contribution in [0, 0.1) is 5.82 Å². The summed E-state index contributed by atoms with van der Waals surface area (Å²) < 4.78 is 24.9. The van der Waals surface area contributed by atoms with E-state index in [0.29, 0.717) is 12.8 Å². The average Bonchev–Trinajstić information content (AvgIpc) is 3.21. The molecule has 1 atom stereocenters. The number of H-pyrrole nitrogens is 1. The molecule has 4 heterocycles. The molecule has 0 saturated heterocycles. The number of nitrogens with one attached hydrogen (secondary N) is 1. The van der Waals surface area contributed by atoms with Crippen molar-refractivity contribution in [1.29, 1.82) is 0 Å². The summed E-state index contributed by atoms with van der Waals surface area (Å²) in [4.78, 5) is 6.00. The maximum Gasteiger partial charge on any atom is 0.231 e. The highest BCUT2D eigenvalue weighted by atomic mass is 19.1. The third kappa shape index (κ3) is 1.90. The molecule has 3 aromatic rings. The highest BCUT2D eigenvalue weighted by Gasteiger charge is 2.35. The Hall–Kier alpha value is -2.53. The first-order valence-electron chi connectivity index (χ1n) is 8.72. The molecule has 0 spiro atoms. The molecule has 5 heteroatoms. The van der Waals surface area contributed by atoms with Gasteiger partial charge in [0.1, 0.15) is 5.82 Å². The number of fused-ring (bicyclic) bond motifs is 7. The van der Waals surface area contributed by atoms with Gasteiger partial charge >= 0.3 is 0 Å². The molecule has 25 heavy (non-hydrogen) atoms. The molecule has 0 aliphatic carbocycles. The van der Waals surface area contributed by atoms with Crippen LogP contribution in [0.3, 0.4) is 0 Å². The summed E-state index contributed by atoms with van der Waals surface area (Å²) in [6, 6.07) is 9.62. The van der Waals surface area contributed by atoms with Crippen molar-refractivity contribution in [1.82, 2.24) is 9.88 Å². The molecule has 1 aromatic heterocycles. The van der Waals surface area contributed by atoms with Gasteiger partial charge in [-0.25, -0.2) is 4.39 Å². The maximum atomic E-state index is 13.8. The predicted octanol–water partition coefficient (Wildman–Crippen LogP) is 3.69. The molecule has 0 fully saturated rings. The van der Waals surface area contributed by atoms with E-state index in [2.05, 4.69) is 22.0 Å². The lowest BCUT2D eigenvalue weighted by Gasteiger charge is -2.40. The van der Waals surface area contributed by atoms with Crippen molar-refractivity contribution in [2.24, 2.45) is 0 Å². The van der Waals surface area contributed by atoms with Crippen LogP contribution in [0.15, 0.2) is 30.3 Å². The van der Waals surface area contributed by atoms with Gasteiger partial charge in [-0.15, -0.1) is 0 Å². The second kappa shape index (κ2) is 4.76. The van der Waals surface area contributed by atoms with Crippen molar-refractivity contribution in [3.8, 4) is 11.5 Å². The van der Waals surface area contributed by atoms with E-state index in [1.807, 2.05) is 6.07 Å². The Labute approximate surface area is 144 Å². The van der Waals surface area contributed by atoms with E-state index < -0.39 is 0 Å². The number of aromatic amines is 1. The zero-order valence-electron chi connectivity index (χ0n) is 13.6. The monoisotopic (exact) mass is 336 g/mol. The van der Waals surface area contributed by atoms with Crippen LogP contribution in [0.2, 0.25) is 0 Å². The Morgan fingerprint density at radius 2 is 2.00 bits per heavy atom. The van der Waals surface area contributed by atoms with Gasteiger partial charge in [-0.2, -0.15) is 0 Å². The first-order valence-corrected chi connectivity index (χ1v) is 8.72. The summed E-state index contributed by atoms with van der Waals surface area (Å²) in [5.41, 5.74) is 6.17. The fourth-order valence-corrected chi connectivity index (χ4v) is 4.61. The number of benzene rings is 2. The minimum atomic E-state index is -0.177. The minimum Gasteiger partial charge on any atom is -0.454 e. The lowest BCUT2D eigenvalue weighted by molar-refractivity contribution is 0.159. The maximum absolute atomic E-state index is 13.8. The fourth-order valence-electron chi connectivity index (χ4n) is 4.61. The van der Waals surface area contributed by atoms with Gasteiger partial charge < -0.3 is 14.5 Å². The topological polar surface area (TPSA) is 37.5 Å². The van der Waals surface area contributed by atoms with Crippen LogP contribution in [-0.2, 0) is 19.4 Å². The van der Waals surface area contributed by atoms with Crippen LogP contribution < -0.4 is 9.47 Å². The number of hydrogen-bond acceptors (Lipinski definition) is 3. The molecule has 4 nitrogen and oxygen atoms in total. The Balaban J connectivity index is 1.49. The summed E-state index contributed by atoms with van der Waals surface area (Å²) in [5.74, 6) is 1.53. The minimum absolute atomic E-state index is 0.177. The van der Waals surface area contributed by atoms with Gasteiger partial charge in [0.15, 0.2) is 11.5 Å². The third-order valence-corrected chi connectivity index (χ3v) is 5.82. The molecule has 3 aliphatic heterocycles. The van der Waals surface area contributed by atoms with Gasteiger partial charge in [0.25, 0.3) is 0 Å². The first-order chi connectivity index (χ1) is 12.3. The number of aromatic nitrogens is 1. The quantitative estimate of drug-likeness (QED) is 0.680. The largest absolute Gasteiger partial charge is 0.454 e. The average molecular weight is 336 g/mol. The normalized spacial score (nSPS) is 21.1. The van der Waals surface area contributed by atoms with Crippen LogP contribution in [0.1, 0.15) is 28.4 Å². The third-order valence-electron chi connectivity index (χ3n) is 5.82. The van der Waals surface area contributed by atoms with Gasteiger partial charge in [-0.3, -0.25) is 4.90 Å². The zero-order valence-corrected chi connectivity index (χ0v) is 13.6. The molecule has 6 rings (SSSR count). The van der Waals surface area contributed by atoms with E-state index in [-0.39, 0.29) is 5.82 Å². The molecule has 3 aliphatic rings. The van der Waals surface area contributed by atoms with E-state index in [1.54, 1.807) is 6.07 Å². The van der Waals surface area contributed by atoms with Crippen molar-refractivity contribution in [3.05, 3.63) is 58.5 Å². The summed E-state index contributed by atoms with van der Waals surface area (Å²) >= 11 is 0. The summed E-state index contributed by atoms with van der Waals surface area (Å²) in [6.45, 7) is 2.21. The summed E-state index contributed by atoms with van der Waals surface area (Å²) in [7, 11) is 0. The molecule has 0 amide bonds. The van der Waals surface area contributed by atoms with Gasteiger partial charge in [0.05, 0.1) is 0 Å². The van der Waals surface area contributed by atoms with Crippen LogP contribution in [0.25, 0.3) is 10.9 Å². The summed E-state index contributed by atoms with van der Waals surface area (Å²) in [6.07, 6.45) is 1.91. The molecule has 0 saturated carbocycles. The number of hydrogen-bond donors (Lipinski definition) is 1. The second-order valence-corrected chi connectivity index (χ2v) is 7.12. The van der Waals surface area contributed by atoms with E-state index in [0.717, 1.165) is 48.3 Å². The van der Waals surface area contributed by atoms with Crippen LogP contribution in [0.5, 0.6) is 11.5 Å². The Morgan fingerprint density at radius 1 is 1.12 bits per heavy atom. The van der Waals surface area contributed by atoms with Crippen LogP contribution in [0.4, 0.5) is 4.39 Å². The van der Waals surface area contributed by atoms with Crippen molar-refractivity contribution in [2.45, 2.75) is 25.4 Å². The first kappa shape index (κ1) is 13.7. The van der Waals surface area contributed by atoms with E-state index in [9.17, 15) is 4.39 Å². The van der Waals surface area contributed by atoms with Gasteiger partial charge in [0.2, 0.25) is 6.79 Å². The molecule has 0 bridgehead atoms. The van der Waals surface area contributed by atoms with E-state index in [1.165, 1.54) is 28.5 Å². The number of ether oxygens (including phenoxy) is 2. The van der Waals surface area contributed by atoms with Crippen molar-refractivity contribution < 1.29 is 13.9 Å². The van der Waals surface area contributed by atoms with E-state index >= 15 is 0 Å². The number of halogens is 1. The molecule has 1 N–H and O–H groups in total. The molecule has 0 radical (unpaired) electrons. The van der Waals surface area contributed by atoms with Crippen molar-refractivity contribution >= 4 is 10.9 Å². The Morgan fingerprint density at radius 3 is 2.92 bits per heavy atom. The highest BCUT2D eigenvalue weighted by molar-refractivity contribution is 5.85. The lowest BCUT2D eigenvalue weighted by Crippen LogP contribution is -2.39. The van der Waals surface area contributed by atoms with Crippen LogP contribution in [-0.4, -0.2) is 23.2 Å². The highest BCUT2D eigenvalue weighted by Crippen LogP contribution is 2.44. The molecule has 0 unspecified atom stereocenters. The fraction of sp³-hybridized carbons (Fsp3) is 0.300. The standard InChI is InChI=1S/C20H17FN2O2/c21-12-1-2-16-14(6-12)15-7-18-13-8-20-19(24-10-25-20)5-11(13)3-4-23(18)9-17(15)22-16/h1-2,5-6,8,18,22H,3-4,7,9-10H2/t18-/m1/s1. The zero-order chi connectivity index (χ0) is 16.5.